The van der Waals surface area contributed by atoms with Gasteiger partial charge in [0.1, 0.15) is 0 Å². The summed E-state index contributed by atoms with van der Waals surface area (Å²) < 4.78 is 0. The lowest BCUT2D eigenvalue weighted by Crippen LogP contribution is -2.54. The topological polar surface area (TPSA) is 32.5 Å². The fourth-order valence-corrected chi connectivity index (χ4v) is 3.17. The van der Waals surface area contributed by atoms with Crippen molar-refractivity contribution in [3.63, 3.8) is 0 Å². The Hall–Kier alpha value is 0.230. The number of thioether (sulfide) groups is 1. The third-order valence-electron chi connectivity index (χ3n) is 4.24. The average Bonchev–Trinajstić information content (AvgIpc) is 2.43. The van der Waals surface area contributed by atoms with E-state index in [-0.39, 0.29) is 0 Å². The molecule has 1 aliphatic heterocycles. The molecule has 1 saturated heterocycles. The van der Waals surface area contributed by atoms with E-state index in [0.29, 0.717) is 6.04 Å². The second-order valence-electron chi connectivity index (χ2n) is 5.35. The Morgan fingerprint density at radius 1 is 1.17 bits per heavy atom. The Kier molecular flexibility index (Phi) is 8.31. The van der Waals surface area contributed by atoms with Crippen molar-refractivity contribution in [3.8, 4) is 0 Å². The molecular weight excluding hydrogens is 242 g/mol. The number of nitrogens with two attached hydrogens (primary N) is 1. The molecule has 0 aliphatic carbocycles. The Bertz CT molecular complexity index is 205. The minimum Gasteiger partial charge on any atom is -0.329 e. The minimum atomic E-state index is 0.608. The highest BCUT2D eigenvalue weighted by Crippen LogP contribution is 2.14. The van der Waals surface area contributed by atoms with Gasteiger partial charge in [0.2, 0.25) is 0 Å². The smallest absolute Gasteiger partial charge is 0.0219 e. The van der Waals surface area contributed by atoms with E-state index in [9.17, 15) is 0 Å². The second kappa shape index (κ2) is 9.18. The molecular formula is C14H31N3S. The minimum absolute atomic E-state index is 0.608. The van der Waals surface area contributed by atoms with Gasteiger partial charge in [0.05, 0.1) is 0 Å². The predicted molar refractivity (Wildman–Crippen MR) is 83.4 cm³/mol. The van der Waals surface area contributed by atoms with Crippen molar-refractivity contribution in [2.45, 2.75) is 45.2 Å². The molecule has 0 spiro atoms. The summed E-state index contributed by atoms with van der Waals surface area (Å²) in [6.45, 7) is 10.3. The molecule has 0 aromatic carbocycles. The summed E-state index contributed by atoms with van der Waals surface area (Å²) in [6.07, 6.45) is 6.01. The van der Waals surface area contributed by atoms with Gasteiger partial charge in [-0.1, -0.05) is 6.92 Å². The van der Waals surface area contributed by atoms with Crippen molar-refractivity contribution in [2.75, 3.05) is 44.7 Å². The maximum Gasteiger partial charge on any atom is 0.0219 e. The summed E-state index contributed by atoms with van der Waals surface area (Å²) >= 11 is 1.94. The van der Waals surface area contributed by atoms with Gasteiger partial charge in [0.15, 0.2) is 0 Å². The quantitative estimate of drug-likeness (QED) is 0.684. The fraction of sp³-hybridized carbons (Fsp3) is 1.00. The molecule has 3 nitrogen and oxygen atoms in total. The van der Waals surface area contributed by atoms with E-state index in [0.717, 1.165) is 12.6 Å². The van der Waals surface area contributed by atoms with E-state index in [1.807, 2.05) is 11.8 Å². The van der Waals surface area contributed by atoms with Crippen molar-refractivity contribution < 1.29 is 0 Å². The van der Waals surface area contributed by atoms with E-state index in [1.165, 1.54) is 51.2 Å². The lowest BCUT2D eigenvalue weighted by molar-refractivity contribution is 0.0717. The third-order valence-corrected chi connectivity index (χ3v) is 4.93. The van der Waals surface area contributed by atoms with Crippen molar-refractivity contribution in [2.24, 2.45) is 5.73 Å². The van der Waals surface area contributed by atoms with Crippen molar-refractivity contribution >= 4 is 11.8 Å². The molecule has 2 atom stereocenters. The van der Waals surface area contributed by atoms with Gasteiger partial charge in [0, 0.05) is 44.8 Å². The highest BCUT2D eigenvalue weighted by atomic mass is 32.2. The predicted octanol–water partition coefficient (Wildman–Crippen LogP) is 1.87. The van der Waals surface area contributed by atoms with Crippen LogP contribution < -0.4 is 5.73 Å². The van der Waals surface area contributed by atoms with Crippen LogP contribution in [0.4, 0.5) is 0 Å². The summed E-state index contributed by atoms with van der Waals surface area (Å²) in [4.78, 5) is 5.23. The lowest BCUT2D eigenvalue weighted by Gasteiger charge is -2.41. The second-order valence-corrected chi connectivity index (χ2v) is 6.34. The number of nitrogens with zero attached hydrogens (tertiary/aromatic N) is 2. The van der Waals surface area contributed by atoms with E-state index in [2.05, 4.69) is 29.9 Å². The number of piperazine rings is 1. The Balaban J connectivity index is 2.30. The first-order valence-corrected chi connectivity index (χ1v) is 8.79. The number of hydrogen-bond donors (Lipinski definition) is 1. The zero-order chi connectivity index (χ0) is 13.4. The van der Waals surface area contributed by atoms with Crippen LogP contribution in [0.25, 0.3) is 0 Å². The molecule has 0 bridgehead atoms. The molecule has 0 aromatic heterocycles. The standard InChI is InChI=1S/C14H31N3S/c1-4-13(2)16-7-9-17(10-8-16)14(12-15)6-5-11-18-3/h13-14H,4-12,15H2,1-3H3. The molecule has 0 radical (unpaired) electrons. The SMILES string of the molecule is CCC(C)N1CCN(C(CN)CCCSC)CC1. The zero-order valence-corrected chi connectivity index (χ0v) is 13.2. The highest BCUT2D eigenvalue weighted by Gasteiger charge is 2.24. The maximum absolute atomic E-state index is 5.94. The lowest BCUT2D eigenvalue weighted by atomic mass is 10.1. The summed E-state index contributed by atoms with van der Waals surface area (Å²) in [6, 6.07) is 1.34. The summed E-state index contributed by atoms with van der Waals surface area (Å²) in [5, 5.41) is 0. The average molecular weight is 273 g/mol. The largest absolute Gasteiger partial charge is 0.329 e. The van der Waals surface area contributed by atoms with Crippen LogP contribution in [0.1, 0.15) is 33.1 Å². The monoisotopic (exact) mass is 273 g/mol. The van der Waals surface area contributed by atoms with Gasteiger partial charge in [-0.2, -0.15) is 11.8 Å². The molecule has 2 unspecified atom stereocenters. The van der Waals surface area contributed by atoms with Gasteiger partial charge in [-0.15, -0.1) is 0 Å². The molecule has 0 saturated carbocycles. The zero-order valence-electron chi connectivity index (χ0n) is 12.4. The van der Waals surface area contributed by atoms with E-state index in [4.69, 9.17) is 5.73 Å². The molecule has 1 aliphatic rings. The van der Waals surface area contributed by atoms with E-state index >= 15 is 0 Å². The van der Waals surface area contributed by atoms with Gasteiger partial charge in [-0.25, -0.2) is 0 Å². The van der Waals surface area contributed by atoms with Crippen LogP contribution in [0, 0.1) is 0 Å². The fourth-order valence-electron chi connectivity index (χ4n) is 2.71. The molecule has 1 heterocycles. The van der Waals surface area contributed by atoms with E-state index < -0.39 is 0 Å². The molecule has 2 N–H and O–H groups in total. The Labute approximate surface area is 117 Å². The Morgan fingerprint density at radius 3 is 2.28 bits per heavy atom. The molecule has 1 rings (SSSR count). The van der Waals surface area contributed by atoms with Gasteiger partial charge < -0.3 is 5.73 Å². The van der Waals surface area contributed by atoms with Gasteiger partial charge in [-0.05, 0) is 38.2 Å². The maximum atomic E-state index is 5.94. The number of rotatable bonds is 8. The summed E-state index contributed by atoms with van der Waals surface area (Å²) in [5.41, 5.74) is 5.94. The van der Waals surface area contributed by atoms with Crippen LogP contribution >= 0.6 is 11.8 Å². The first-order chi connectivity index (χ1) is 8.72. The van der Waals surface area contributed by atoms with Crippen LogP contribution in [0.15, 0.2) is 0 Å². The van der Waals surface area contributed by atoms with Gasteiger partial charge in [-0.3, -0.25) is 9.80 Å². The molecule has 18 heavy (non-hydrogen) atoms. The van der Waals surface area contributed by atoms with Gasteiger partial charge >= 0.3 is 0 Å². The molecule has 1 fully saturated rings. The highest BCUT2D eigenvalue weighted by molar-refractivity contribution is 7.98. The molecule has 108 valence electrons. The first-order valence-electron chi connectivity index (χ1n) is 7.40. The molecule has 4 heteroatoms. The van der Waals surface area contributed by atoms with Crippen LogP contribution in [0.3, 0.4) is 0 Å². The molecule has 0 amide bonds. The van der Waals surface area contributed by atoms with Gasteiger partial charge in [0.25, 0.3) is 0 Å². The van der Waals surface area contributed by atoms with Crippen LogP contribution in [0.2, 0.25) is 0 Å². The summed E-state index contributed by atoms with van der Waals surface area (Å²) in [5.74, 6) is 1.27. The molecule has 0 aromatic rings. The van der Waals surface area contributed by atoms with Crippen LogP contribution in [-0.4, -0.2) is 66.6 Å². The third kappa shape index (κ3) is 5.08. The number of hydrogen-bond acceptors (Lipinski definition) is 4. The van der Waals surface area contributed by atoms with E-state index in [1.54, 1.807) is 0 Å². The Morgan fingerprint density at radius 2 is 1.78 bits per heavy atom. The van der Waals surface area contributed by atoms with Crippen molar-refractivity contribution in [3.05, 3.63) is 0 Å². The first kappa shape index (κ1) is 16.3. The van der Waals surface area contributed by atoms with Crippen LogP contribution in [0.5, 0.6) is 0 Å². The normalized spacial score (nSPS) is 22.0. The van der Waals surface area contributed by atoms with Crippen molar-refractivity contribution in [1.82, 2.24) is 9.80 Å². The van der Waals surface area contributed by atoms with Crippen LogP contribution in [-0.2, 0) is 0 Å². The summed E-state index contributed by atoms with van der Waals surface area (Å²) in [7, 11) is 0. The van der Waals surface area contributed by atoms with Crippen molar-refractivity contribution in [1.29, 1.82) is 0 Å².